The molecule has 0 aliphatic carbocycles. The molecule has 1 aromatic heterocycles. The molecule has 1 aromatic carbocycles. The second-order valence-electron chi connectivity index (χ2n) is 4.20. The van der Waals surface area contributed by atoms with Crippen molar-refractivity contribution in [2.24, 2.45) is 0 Å². The zero-order valence-electron chi connectivity index (χ0n) is 11.6. The number of hydrogen-bond donors (Lipinski definition) is 2. The maximum absolute atomic E-state index is 11.8. The summed E-state index contributed by atoms with van der Waals surface area (Å²) in [5, 5.41) is 22.1. The molecule has 0 atom stereocenters. The van der Waals surface area contributed by atoms with Crippen LogP contribution in [0.5, 0.6) is 0 Å². The Morgan fingerprint density at radius 2 is 2.13 bits per heavy atom. The van der Waals surface area contributed by atoms with Crippen LogP contribution in [0.4, 0.5) is 17.2 Å². The van der Waals surface area contributed by atoms with E-state index in [-0.39, 0.29) is 33.9 Å². The molecule has 0 saturated carbocycles. The molecule has 0 bridgehead atoms. The van der Waals surface area contributed by atoms with Crippen molar-refractivity contribution in [3.05, 3.63) is 46.1 Å². The van der Waals surface area contributed by atoms with Crippen molar-refractivity contribution in [3.63, 3.8) is 0 Å². The van der Waals surface area contributed by atoms with Crippen molar-refractivity contribution in [3.8, 4) is 6.07 Å². The summed E-state index contributed by atoms with van der Waals surface area (Å²) in [5.74, 6) is -0.237. The Kier molecular flexibility index (Phi) is 5.06. The number of aromatic nitrogens is 2. The lowest BCUT2D eigenvalue weighted by atomic mass is 10.3. The molecule has 0 spiro atoms. The van der Waals surface area contributed by atoms with Gasteiger partial charge < -0.3 is 11.1 Å². The van der Waals surface area contributed by atoms with Crippen LogP contribution in [0.2, 0.25) is 0 Å². The molecule has 0 saturated heterocycles. The summed E-state index contributed by atoms with van der Waals surface area (Å²) in [6, 6.07) is 7.33. The summed E-state index contributed by atoms with van der Waals surface area (Å²) in [4.78, 5) is 29.6. The van der Waals surface area contributed by atoms with E-state index in [4.69, 9.17) is 11.0 Å². The zero-order valence-corrected chi connectivity index (χ0v) is 12.4. The predicted octanol–water partition coefficient (Wildman–Crippen LogP) is 1.57. The number of nitrogens with two attached hydrogens (primary N) is 1. The number of nitro benzene ring substituents is 1. The van der Waals surface area contributed by atoms with Crippen LogP contribution < -0.4 is 11.1 Å². The Balaban J connectivity index is 1.91. The van der Waals surface area contributed by atoms with Gasteiger partial charge in [-0.25, -0.2) is 9.97 Å². The van der Waals surface area contributed by atoms with Gasteiger partial charge in [-0.2, -0.15) is 5.26 Å². The maximum Gasteiger partial charge on any atom is 0.269 e. The van der Waals surface area contributed by atoms with Crippen LogP contribution in [-0.2, 0) is 4.79 Å². The highest BCUT2D eigenvalue weighted by Gasteiger charge is 2.09. The van der Waals surface area contributed by atoms with Gasteiger partial charge in [0.05, 0.1) is 16.9 Å². The highest BCUT2D eigenvalue weighted by atomic mass is 32.2. The molecule has 0 unspecified atom stereocenters. The zero-order chi connectivity index (χ0) is 16.8. The third kappa shape index (κ3) is 4.39. The van der Waals surface area contributed by atoms with Gasteiger partial charge in [0.2, 0.25) is 5.91 Å². The molecule has 10 heteroatoms. The van der Waals surface area contributed by atoms with Gasteiger partial charge >= 0.3 is 0 Å². The molecule has 3 N–H and O–H groups in total. The molecule has 116 valence electrons. The quantitative estimate of drug-likeness (QED) is 0.363. The maximum atomic E-state index is 11.8. The summed E-state index contributed by atoms with van der Waals surface area (Å²) >= 11 is 1.06. The molecule has 23 heavy (non-hydrogen) atoms. The van der Waals surface area contributed by atoms with Crippen LogP contribution in [0.3, 0.4) is 0 Å². The summed E-state index contributed by atoms with van der Waals surface area (Å²) in [7, 11) is 0. The van der Waals surface area contributed by atoms with Gasteiger partial charge in [-0.05, 0) is 12.1 Å². The largest absolute Gasteiger partial charge is 0.382 e. The van der Waals surface area contributed by atoms with Crippen molar-refractivity contribution in [1.82, 2.24) is 9.97 Å². The molecule has 2 aromatic rings. The summed E-state index contributed by atoms with van der Waals surface area (Å²) < 4.78 is 0. The second-order valence-corrected chi connectivity index (χ2v) is 5.15. The number of amides is 1. The fourth-order valence-corrected chi connectivity index (χ4v) is 2.15. The van der Waals surface area contributed by atoms with Gasteiger partial charge in [0, 0.05) is 17.8 Å². The first kappa shape index (κ1) is 16.2. The number of thioether (sulfide) groups is 1. The molecule has 1 heterocycles. The van der Waals surface area contributed by atoms with Crippen LogP contribution in [0.1, 0.15) is 5.56 Å². The first-order valence-corrected chi connectivity index (χ1v) is 7.18. The number of nitrogens with zero attached hydrogens (tertiary/aromatic N) is 4. The minimum Gasteiger partial charge on any atom is -0.382 e. The number of nitrogen functional groups attached to an aromatic ring is 1. The normalized spacial score (nSPS) is 9.87. The fourth-order valence-electron chi connectivity index (χ4n) is 1.53. The van der Waals surface area contributed by atoms with Crippen LogP contribution in [0.25, 0.3) is 0 Å². The molecule has 0 aliphatic heterocycles. The third-order valence-electron chi connectivity index (χ3n) is 2.61. The number of carbonyl (C=O) groups excluding carboxylic acids is 1. The van der Waals surface area contributed by atoms with Crippen molar-refractivity contribution in [2.45, 2.75) is 5.16 Å². The van der Waals surface area contributed by atoms with E-state index >= 15 is 0 Å². The third-order valence-corrected chi connectivity index (χ3v) is 3.47. The Morgan fingerprint density at radius 3 is 2.70 bits per heavy atom. The highest BCUT2D eigenvalue weighted by molar-refractivity contribution is 7.99. The predicted molar refractivity (Wildman–Crippen MR) is 83.6 cm³/mol. The lowest BCUT2D eigenvalue weighted by molar-refractivity contribution is -0.384. The lowest BCUT2D eigenvalue weighted by Crippen LogP contribution is -2.14. The number of carbonyl (C=O) groups is 1. The Morgan fingerprint density at radius 1 is 1.43 bits per heavy atom. The number of benzene rings is 1. The van der Waals surface area contributed by atoms with E-state index in [2.05, 4.69) is 15.3 Å². The monoisotopic (exact) mass is 330 g/mol. The van der Waals surface area contributed by atoms with Crippen LogP contribution >= 0.6 is 11.8 Å². The first-order valence-electron chi connectivity index (χ1n) is 6.19. The van der Waals surface area contributed by atoms with E-state index in [0.717, 1.165) is 11.8 Å². The molecule has 1 amide bonds. The number of rotatable bonds is 5. The molecule has 0 fully saturated rings. The molecule has 2 rings (SSSR count). The van der Waals surface area contributed by atoms with Crippen LogP contribution in [-0.4, -0.2) is 26.6 Å². The van der Waals surface area contributed by atoms with E-state index in [1.165, 1.54) is 30.5 Å². The SMILES string of the molecule is N#Cc1cnc(SCC(=O)Nc2ccc([N+](=O)[O-])cc2)nc1N. The number of nitrogens with one attached hydrogen (secondary N) is 1. The Hall–Kier alpha value is -3.19. The molecule has 9 nitrogen and oxygen atoms in total. The first-order chi connectivity index (χ1) is 11.0. The molecular weight excluding hydrogens is 320 g/mol. The summed E-state index contributed by atoms with van der Waals surface area (Å²) in [5.41, 5.74) is 6.12. The molecule has 0 radical (unpaired) electrons. The number of nitriles is 1. The minimum atomic E-state index is -0.520. The van der Waals surface area contributed by atoms with E-state index in [1.807, 2.05) is 6.07 Å². The summed E-state index contributed by atoms with van der Waals surface area (Å²) in [6.45, 7) is 0. The number of hydrogen-bond acceptors (Lipinski definition) is 8. The highest BCUT2D eigenvalue weighted by Crippen LogP contribution is 2.18. The average Bonchev–Trinajstić information content (AvgIpc) is 2.53. The van der Waals surface area contributed by atoms with Gasteiger partial charge in [-0.1, -0.05) is 11.8 Å². The van der Waals surface area contributed by atoms with Crippen molar-refractivity contribution < 1.29 is 9.72 Å². The Labute approximate surface area is 134 Å². The minimum absolute atomic E-state index is 0.0301. The van der Waals surface area contributed by atoms with Gasteiger partial charge in [0.15, 0.2) is 5.16 Å². The summed E-state index contributed by atoms with van der Waals surface area (Å²) in [6.07, 6.45) is 1.29. The second kappa shape index (κ2) is 7.19. The molecule has 0 aliphatic rings. The average molecular weight is 330 g/mol. The number of nitro groups is 1. The van der Waals surface area contributed by atoms with Crippen molar-refractivity contribution in [1.29, 1.82) is 5.26 Å². The topological polar surface area (TPSA) is 148 Å². The van der Waals surface area contributed by atoms with E-state index in [0.29, 0.717) is 5.69 Å². The van der Waals surface area contributed by atoms with Crippen molar-refractivity contribution >= 4 is 34.9 Å². The van der Waals surface area contributed by atoms with Crippen molar-refractivity contribution in [2.75, 3.05) is 16.8 Å². The Bertz CT molecular complexity index is 787. The van der Waals surface area contributed by atoms with Gasteiger partial charge in [0.25, 0.3) is 5.69 Å². The number of non-ortho nitro benzene ring substituents is 1. The fraction of sp³-hybridized carbons (Fsp3) is 0.0769. The van der Waals surface area contributed by atoms with Gasteiger partial charge in [-0.3, -0.25) is 14.9 Å². The van der Waals surface area contributed by atoms with E-state index < -0.39 is 4.92 Å². The number of anilines is 2. The lowest BCUT2D eigenvalue weighted by Gasteiger charge is -2.05. The van der Waals surface area contributed by atoms with E-state index in [1.54, 1.807) is 0 Å². The van der Waals surface area contributed by atoms with Crippen LogP contribution in [0.15, 0.2) is 35.6 Å². The van der Waals surface area contributed by atoms with E-state index in [9.17, 15) is 14.9 Å². The van der Waals surface area contributed by atoms with Crippen LogP contribution in [0, 0.1) is 21.4 Å². The van der Waals surface area contributed by atoms with Gasteiger partial charge in [0.1, 0.15) is 17.5 Å². The standard InChI is InChI=1S/C13H10N6O3S/c14-5-8-6-16-13(18-12(8)15)23-7-11(20)17-9-1-3-10(4-2-9)19(21)22/h1-4,6H,7H2,(H,17,20)(H2,15,16,18). The molecular formula is C13H10N6O3S. The van der Waals surface area contributed by atoms with Gasteiger partial charge in [-0.15, -0.1) is 0 Å². The smallest absolute Gasteiger partial charge is 0.269 e.